The van der Waals surface area contributed by atoms with Gasteiger partial charge in [-0.2, -0.15) is 0 Å². The molecule has 1 aromatic carbocycles. The van der Waals surface area contributed by atoms with Gasteiger partial charge >= 0.3 is 5.97 Å². The smallest absolute Gasteiger partial charge is 0.313 e. The van der Waals surface area contributed by atoms with Crippen molar-refractivity contribution in [2.24, 2.45) is 0 Å². The minimum atomic E-state index is -0.902. The van der Waals surface area contributed by atoms with E-state index in [1.165, 1.54) is 0 Å². The largest absolute Gasteiger partial charge is 0.481 e. The van der Waals surface area contributed by atoms with Crippen LogP contribution in [0.3, 0.4) is 0 Å². The van der Waals surface area contributed by atoms with Crippen LogP contribution in [0.5, 0.6) is 0 Å². The maximum atomic E-state index is 10.6. The molecular weight excluding hydrogens is 300 g/mol. The number of carboxylic acids is 1. The van der Waals surface area contributed by atoms with E-state index in [0.717, 1.165) is 23.7 Å². The van der Waals surface area contributed by atoms with Gasteiger partial charge in [-0.15, -0.1) is 10.2 Å². The summed E-state index contributed by atoms with van der Waals surface area (Å²) in [5.74, 6) is -0.688. The summed E-state index contributed by atoms with van der Waals surface area (Å²) in [6.07, 6.45) is 0.736. The molecule has 0 radical (unpaired) electrons. The number of aliphatic carboxylic acids is 1. The number of hydrogen-bond acceptors (Lipinski definition) is 5. The van der Waals surface area contributed by atoms with E-state index in [0.29, 0.717) is 16.7 Å². The first-order valence-electron chi connectivity index (χ1n) is 5.84. The molecule has 0 aliphatic rings. The van der Waals surface area contributed by atoms with E-state index in [4.69, 9.17) is 22.4 Å². The fourth-order valence-electron chi connectivity index (χ4n) is 1.64. The monoisotopic (exact) mass is 312 g/mol. The third kappa shape index (κ3) is 3.88. The molecule has 0 aliphatic carbocycles. The summed E-state index contributed by atoms with van der Waals surface area (Å²) in [6.45, 7) is 0.586. The number of hydrogen-bond donors (Lipinski definition) is 2. The molecule has 8 heteroatoms. The lowest BCUT2D eigenvalue weighted by atomic mass is 10.1. The predicted molar refractivity (Wildman–Crippen MR) is 78.0 cm³/mol. The normalized spacial score (nSPS) is 10.7. The molecule has 6 nitrogen and oxygen atoms in total. The second-order valence-electron chi connectivity index (χ2n) is 4.05. The van der Waals surface area contributed by atoms with E-state index >= 15 is 0 Å². The van der Waals surface area contributed by atoms with E-state index < -0.39 is 5.97 Å². The van der Waals surface area contributed by atoms with Crippen molar-refractivity contribution >= 4 is 35.3 Å². The van der Waals surface area contributed by atoms with Gasteiger partial charge in [0, 0.05) is 11.6 Å². The van der Waals surface area contributed by atoms with Gasteiger partial charge in [0.05, 0.1) is 5.75 Å². The van der Waals surface area contributed by atoms with Crippen molar-refractivity contribution in [3.63, 3.8) is 0 Å². The Labute approximate surface area is 124 Å². The van der Waals surface area contributed by atoms with Gasteiger partial charge in [-0.1, -0.05) is 35.5 Å². The van der Waals surface area contributed by atoms with Gasteiger partial charge < -0.3 is 10.8 Å². The highest BCUT2D eigenvalue weighted by Gasteiger charge is 2.11. The maximum Gasteiger partial charge on any atom is 0.313 e. The molecule has 1 aromatic heterocycles. The molecule has 2 rings (SSSR count). The number of halogens is 1. The van der Waals surface area contributed by atoms with Gasteiger partial charge in [0.15, 0.2) is 5.16 Å². The average molecular weight is 313 g/mol. The molecule has 20 heavy (non-hydrogen) atoms. The number of thioether (sulfide) groups is 1. The number of nitrogen functional groups attached to an aromatic ring is 1. The zero-order valence-corrected chi connectivity index (χ0v) is 12.1. The van der Waals surface area contributed by atoms with Crippen LogP contribution in [-0.4, -0.2) is 31.6 Å². The van der Waals surface area contributed by atoms with Gasteiger partial charge in [0.2, 0.25) is 5.95 Å². The van der Waals surface area contributed by atoms with Gasteiger partial charge in [0.25, 0.3) is 0 Å². The second-order valence-corrected chi connectivity index (χ2v) is 5.43. The Morgan fingerprint density at radius 3 is 2.70 bits per heavy atom. The summed E-state index contributed by atoms with van der Waals surface area (Å²) in [7, 11) is 0. The topological polar surface area (TPSA) is 94.0 Å². The van der Waals surface area contributed by atoms with Crippen LogP contribution in [0.1, 0.15) is 5.56 Å². The molecule has 106 valence electrons. The summed E-state index contributed by atoms with van der Waals surface area (Å²) >= 11 is 6.93. The highest BCUT2D eigenvalue weighted by atomic mass is 35.5. The summed E-state index contributed by atoms with van der Waals surface area (Å²) in [6, 6.07) is 7.53. The highest BCUT2D eigenvalue weighted by molar-refractivity contribution is 7.99. The van der Waals surface area contributed by atoms with Gasteiger partial charge in [0.1, 0.15) is 0 Å². The number of benzene rings is 1. The molecule has 0 spiro atoms. The molecule has 0 fully saturated rings. The first kappa shape index (κ1) is 14.7. The number of aromatic nitrogens is 3. The Hall–Kier alpha value is -1.73. The minimum Gasteiger partial charge on any atom is -0.481 e. The van der Waals surface area contributed by atoms with Crippen LogP contribution in [-0.2, 0) is 17.8 Å². The lowest BCUT2D eigenvalue weighted by molar-refractivity contribution is -0.133. The van der Waals surface area contributed by atoms with Crippen LogP contribution in [0.2, 0.25) is 5.02 Å². The molecule has 1 heterocycles. The van der Waals surface area contributed by atoms with Crippen molar-refractivity contribution in [3.8, 4) is 0 Å². The van der Waals surface area contributed by atoms with Gasteiger partial charge in [-0.05, 0) is 24.1 Å². The van der Waals surface area contributed by atoms with Crippen molar-refractivity contribution in [2.45, 2.75) is 18.1 Å². The molecule has 0 amide bonds. The van der Waals surface area contributed by atoms with E-state index in [1.807, 2.05) is 24.3 Å². The molecule has 0 aliphatic heterocycles. The fraction of sp³-hybridized carbons (Fsp3) is 0.250. The number of nitrogens with two attached hydrogens (primary N) is 1. The first-order valence-corrected chi connectivity index (χ1v) is 7.20. The zero-order chi connectivity index (χ0) is 14.5. The Morgan fingerprint density at radius 1 is 1.35 bits per heavy atom. The molecule has 0 saturated heterocycles. The van der Waals surface area contributed by atoms with Crippen molar-refractivity contribution in [3.05, 3.63) is 34.9 Å². The number of anilines is 1. The predicted octanol–water partition coefficient (Wildman–Crippen LogP) is 1.93. The number of nitrogens with zero attached hydrogens (tertiary/aromatic N) is 3. The SMILES string of the molecule is Nc1nnc(SCC(=O)O)n1CCc1ccc(Cl)cc1. The van der Waals surface area contributed by atoms with E-state index in [1.54, 1.807) is 4.57 Å². The Balaban J connectivity index is 2.03. The number of aryl methyl sites for hydroxylation is 1. The number of rotatable bonds is 6. The standard InChI is InChI=1S/C12H13ClN4O2S/c13-9-3-1-8(2-4-9)5-6-17-11(14)15-16-12(17)20-7-10(18)19/h1-4H,5-7H2,(H2,14,15)(H,18,19). The second kappa shape index (κ2) is 6.62. The van der Waals surface area contributed by atoms with E-state index in [-0.39, 0.29) is 11.7 Å². The van der Waals surface area contributed by atoms with Gasteiger partial charge in [-0.3, -0.25) is 9.36 Å². The molecule has 0 unspecified atom stereocenters. The molecule has 0 saturated carbocycles. The number of carbonyl (C=O) groups is 1. The van der Waals surface area contributed by atoms with Crippen LogP contribution < -0.4 is 5.73 Å². The Bertz CT molecular complexity index is 600. The molecule has 2 aromatic rings. The van der Waals surface area contributed by atoms with E-state index in [2.05, 4.69) is 10.2 Å². The van der Waals surface area contributed by atoms with Crippen molar-refractivity contribution in [1.29, 1.82) is 0 Å². The van der Waals surface area contributed by atoms with E-state index in [9.17, 15) is 4.79 Å². The lowest BCUT2D eigenvalue weighted by Crippen LogP contribution is -2.08. The van der Waals surface area contributed by atoms with Crippen LogP contribution in [0, 0.1) is 0 Å². The van der Waals surface area contributed by atoms with Crippen molar-refractivity contribution in [1.82, 2.24) is 14.8 Å². The number of carboxylic acid groups (broad SMARTS) is 1. The molecule has 3 N–H and O–H groups in total. The zero-order valence-electron chi connectivity index (χ0n) is 10.5. The average Bonchev–Trinajstić information content (AvgIpc) is 2.76. The van der Waals surface area contributed by atoms with Crippen LogP contribution >= 0.6 is 23.4 Å². The third-order valence-corrected chi connectivity index (χ3v) is 3.81. The maximum absolute atomic E-state index is 10.6. The Morgan fingerprint density at radius 2 is 2.05 bits per heavy atom. The first-order chi connectivity index (χ1) is 9.56. The molecule has 0 bridgehead atoms. The third-order valence-electron chi connectivity index (χ3n) is 2.61. The van der Waals surface area contributed by atoms with Crippen molar-refractivity contribution in [2.75, 3.05) is 11.5 Å². The lowest BCUT2D eigenvalue weighted by Gasteiger charge is -2.07. The summed E-state index contributed by atoms with van der Waals surface area (Å²) in [5, 5.41) is 17.5. The Kier molecular flexibility index (Phi) is 4.86. The molecule has 0 atom stereocenters. The quantitative estimate of drug-likeness (QED) is 0.792. The summed E-state index contributed by atoms with van der Waals surface area (Å²) < 4.78 is 1.71. The summed E-state index contributed by atoms with van der Waals surface area (Å²) in [5.41, 5.74) is 6.85. The fourth-order valence-corrected chi connectivity index (χ4v) is 2.45. The highest BCUT2D eigenvalue weighted by Crippen LogP contribution is 2.19. The van der Waals surface area contributed by atoms with Crippen LogP contribution in [0.25, 0.3) is 0 Å². The van der Waals surface area contributed by atoms with Crippen LogP contribution in [0.4, 0.5) is 5.95 Å². The minimum absolute atomic E-state index is 0.0704. The summed E-state index contributed by atoms with van der Waals surface area (Å²) in [4.78, 5) is 10.6. The van der Waals surface area contributed by atoms with Crippen molar-refractivity contribution < 1.29 is 9.90 Å². The van der Waals surface area contributed by atoms with Gasteiger partial charge in [-0.25, -0.2) is 0 Å². The molecular formula is C12H13ClN4O2S. The van der Waals surface area contributed by atoms with Crippen LogP contribution in [0.15, 0.2) is 29.4 Å².